The topological polar surface area (TPSA) is 67.9 Å². The number of fused-ring (bicyclic) bond motifs is 1. The Labute approximate surface area is 152 Å². The van der Waals surface area contributed by atoms with Gasteiger partial charge < -0.3 is 19.7 Å². The molecule has 2 amide bonds. The summed E-state index contributed by atoms with van der Waals surface area (Å²) in [7, 11) is 3.09. The number of amides is 2. The van der Waals surface area contributed by atoms with Gasteiger partial charge in [0.2, 0.25) is 11.8 Å². The van der Waals surface area contributed by atoms with Gasteiger partial charge in [0.05, 0.1) is 19.9 Å². The lowest BCUT2D eigenvalue weighted by Crippen LogP contribution is -2.29. The van der Waals surface area contributed by atoms with Crippen molar-refractivity contribution in [3.05, 3.63) is 48.0 Å². The molecule has 3 rings (SSSR count). The molecular weight excluding hydrogens is 332 g/mol. The Bertz CT molecular complexity index is 819. The Morgan fingerprint density at radius 2 is 1.88 bits per heavy atom. The van der Waals surface area contributed by atoms with E-state index in [-0.39, 0.29) is 24.7 Å². The molecule has 0 fully saturated rings. The third kappa shape index (κ3) is 3.79. The molecule has 0 aromatic heterocycles. The number of carbonyl (C=O) groups is 2. The summed E-state index contributed by atoms with van der Waals surface area (Å²) in [6, 6.07) is 13.0. The van der Waals surface area contributed by atoms with Crippen LogP contribution in [0.15, 0.2) is 42.5 Å². The van der Waals surface area contributed by atoms with Gasteiger partial charge in [-0.25, -0.2) is 0 Å². The largest absolute Gasteiger partial charge is 0.497 e. The summed E-state index contributed by atoms with van der Waals surface area (Å²) in [6.07, 6.45) is 1.14. The number of rotatable bonds is 6. The van der Waals surface area contributed by atoms with Crippen LogP contribution in [-0.2, 0) is 16.0 Å². The van der Waals surface area contributed by atoms with Crippen LogP contribution in [0.1, 0.15) is 18.4 Å². The van der Waals surface area contributed by atoms with Crippen molar-refractivity contribution in [3.8, 4) is 11.5 Å². The van der Waals surface area contributed by atoms with E-state index in [0.29, 0.717) is 23.7 Å². The summed E-state index contributed by atoms with van der Waals surface area (Å²) in [4.78, 5) is 26.5. The third-order valence-corrected chi connectivity index (χ3v) is 4.44. The minimum absolute atomic E-state index is 0.0354. The molecular formula is C20H22N2O4. The van der Waals surface area contributed by atoms with E-state index in [1.54, 1.807) is 30.2 Å². The molecule has 0 spiro atoms. The zero-order valence-electron chi connectivity index (χ0n) is 15.0. The van der Waals surface area contributed by atoms with Crippen LogP contribution >= 0.6 is 0 Å². The van der Waals surface area contributed by atoms with Gasteiger partial charge >= 0.3 is 0 Å². The summed E-state index contributed by atoms with van der Waals surface area (Å²) < 4.78 is 10.4. The Morgan fingerprint density at radius 1 is 1.08 bits per heavy atom. The number of nitrogens with one attached hydrogen (secondary N) is 1. The van der Waals surface area contributed by atoms with Crippen molar-refractivity contribution in [2.75, 3.05) is 31.0 Å². The van der Waals surface area contributed by atoms with Crippen LogP contribution < -0.4 is 19.7 Å². The number of hydrogen-bond acceptors (Lipinski definition) is 4. The van der Waals surface area contributed by atoms with Crippen molar-refractivity contribution in [3.63, 3.8) is 0 Å². The van der Waals surface area contributed by atoms with Crippen molar-refractivity contribution >= 4 is 23.2 Å². The minimum Gasteiger partial charge on any atom is -0.497 e. The first kappa shape index (κ1) is 17.8. The highest BCUT2D eigenvalue weighted by Gasteiger charge is 2.24. The molecule has 0 unspecified atom stereocenters. The van der Waals surface area contributed by atoms with Gasteiger partial charge in [0.1, 0.15) is 11.5 Å². The number of benzene rings is 2. The van der Waals surface area contributed by atoms with Crippen LogP contribution in [0.25, 0.3) is 0 Å². The van der Waals surface area contributed by atoms with E-state index in [9.17, 15) is 9.59 Å². The van der Waals surface area contributed by atoms with Crippen LogP contribution in [0.2, 0.25) is 0 Å². The summed E-state index contributed by atoms with van der Waals surface area (Å²) in [5, 5.41) is 2.79. The standard InChI is InChI=1S/C20H22N2O4/c1-25-15-7-8-16(18(13-15)26-2)21-19(23)9-10-20(24)22-12-11-14-5-3-4-6-17(14)22/h3-8,13H,9-12H2,1-2H3,(H,21,23). The number of para-hydroxylation sites is 1. The molecule has 0 saturated carbocycles. The SMILES string of the molecule is COc1ccc(NC(=O)CCC(=O)N2CCc3ccccc32)c(OC)c1. The van der Waals surface area contributed by atoms with Gasteiger partial charge in [-0.15, -0.1) is 0 Å². The fourth-order valence-corrected chi connectivity index (χ4v) is 3.07. The average molecular weight is 354 g/mol. The maximum absolute atomic E-state index is 12.5. The molecule has 1 aliphatic heterocycles. The van der Waals surface area contributed by atoms with Crippen LogP contribution in [0.5, 0.6) is 11.5 Å². The highest BCUT2D eigenvalue weighted by molar-refractivity contribution is 5.99. The Morgan fingerprint density at radius 3 is 2.65 bits per heavy atom. The number of methoxy groups -OCH3 is 2. The van der Waals surface area contributed by atoms with Crippen molar-refractivity contribution in [2.24, 2.45) is 0 Å². The van der Waals surface area contributed by atoms with Gasteiger partial charge in [-0.05, 0) is 30.2 Å². The number of hydrogen-bond donors (Lipinski definition) is 1. The molecule has 0 atom stereocenters. The monoisotopic (exact) mass is 354 g/mol. The predicted molar refractivity (Wildman–Crippen MR) is 99.9 cm³/mol. The molecule has 136 valence electrons. The molecule has 0 saturated heterocycles. The Kier molecular flexibility index (Phi) is 5.41. The molecule has 6 heteroatoms. The molecule has 1 aliphatic rings. The number of ether oxygens (including phenoxy) is 2. The maximum Gasteiger partial charge on any atom is 0.227 e. The Hall–Kier alpha value is -3.02. The highest BCUT2D eigenvalue weighted by Crippen LogP contribution is 2.30. The van der Waals surface area contributed by atoms with Gasteiger partial charge in [-0.1, -0.05) is 18.2 Å². The van der Waals surface area contributed by atoms with Crippen molar-refractivity contribution in [2.45, 2.75) is 19.3 Å². The molecule has 2 aromatic carbocycles. The number of anilines is 2. The lowest BCUT2D eigenvalue weighted by atomic mass is 10.2. The maximum atomic E-state index is 12.5. The molecule has 26 heavy (non-hydrogen) atoms. The van der Waals surface area contributed by atoms with E-state index in [1.807, 2.05) is 24.3 Å². The average Bonchev–Trinajstić information content (AvgIpc) is 3.10. The van der Waals surface area contributed by atoms with E-state index >= 15 is 0 Å². The normalized spacial score (nSPS) is 12.5. The lowest BCUT2D eigenvalue weighted by Gasteiger charge is -2.17. The Balaban J connectivity index is 1.57. The fourth-order valence-electron chi connectivity index (χ4n) is 3.07. The summed E-state index contributed by atoms with van der Waals surface area (Å²) in [6.45, 7) is 0.673. The van der Waals surface area contributed by atoms with E-state index in [1.165, 1.54) is 12.7 Å². The number of nitrogens with zero attached hydrogens (tertiary/aromatic N) is 1. The van der Waals surface area contributed by atoms with E-state index in [0.717, 1.165) is 12.1 Å². The van der Waals surface area contributed by atoms with E-state index < -0.39 is 0 Å². The van der Waals surface area contributed by atoms with Crippen LogP contribution in [0.3, 0.4) is 0 Å². The van der Waals surface area contributed by atoms with E-state index in [4.69, 9.17) is 9.47 Å². The smallest absolute Gasteiger partial charge is 0.227 e. The molecule has 0 bridgehead atoms. The minimum atomic E-state index is -0.228. The first-order chi connectivity index (χ1) is 12.6. The summed E-state index contributed by atoms with van der Waals surface area (Å²) in [5.74, 6) is 0.890. The quantitative estimate of drug-likeness (QED) is 0.866. The second-order valence-electron chi connectivity index (χ2n) is 6.04. The van der Waals surface area contributed by atoms with Crippen molar-refractivity contribution in [1.82, 2.24) is 0 Å². The molecule has 6 nitrogen and oxygen atoms in total. The molecule has 0 radical (unpaired) electrons. The van der Waals surface area contributed by atoms with Gasteiger partial charge in [-0.3, -0.25) is 9.59 Å². The van der Waals surface area contributed by atoms with Crippen molar-refractivity contribution in [1.29, 1.82) is 0 Å². The van der Waals surface area contributed by atoms with Gasteiger partial charge in [0, 0.05) is 31.1 Å². The fraction of sp³-hybridized carbons (Fsp3) is 0.300. The molecule has 2 aromatic rings. The highest BCUT2D eigenvalue weighted by atomic mass is 16.5. The van der Waals surface area contributed by atoms with Crippen molar-refractivity contribution < 1.29 is 19.1 Å². The van der Waals surface area contributed by atoms with Crippen LogP contribution in [0.4, 0.5) is 11.4 Å². The second-order valence-corrected chi connectivity index (χ2v) is 6.04. The van der Waals surface area contributed by atoms with Crippen LogP contribution in [0, 0.1) is 0 Å². The lowest BCUT2D eigenvalue weighted by molar-refractivity contribution is -0.122. The first-order valence-electron chi connectivity index (χ1n) is 8.52. The zero-order chi connectivity index (χ0) is 18.5. The third-order valence-electron chi connectivity index (χ3n) is 4.44. The summed E-state index contributed by atoms with van der Waals surface area (Å²) >= 11 is 0. The van der Waals surface area contributed by atoms with Gasteiger partial charge in [-0.2, -0.15) is 0 Å². The van der Waals surface area contributed by atoms with Gasteiger partial charge in [0.25, 0.3) is 0 Å². The zero-order valence-corrected chi connectivity index (χ0v) is 15.0. The van der Waals surface area contributed by atoms with Crippen LogP contribution in [-0.4, -0.2) is 32.6 Å². The molecule has 1 heterocycles. The number of carbonyl (C=O) groups excluding carboxylic acids is 2. The second kappa shape index (κ2) is 7.91. The summed E-state index contributed by atoms with van der Waals surface area (Å²) in [5.41, 5.74) is 2.68. The van der Waals surface area contributed by atoms with Gasteiger partial charge in [0.15, 0.2) is 0 Å². The van der Waals surface area contributed by atoms with E-state index in [2.05, 4.69) is 5.32 Å². The molecule has 1 N–H and O–H groups in total. The molecule has 0 aliphatic carbocycles. The predicted octanol–water partition coefficient (Wildman–Crippen LogP) is 3.01. The first-order valence-corrected chi connectivity index (χ1v) is 8.52.